The standard InChI is InChI=1S/C16H14N4O3S/c1-23-12-5-3-2-4-9(12)14-10(6-17)15(22)20-16(11(14)7-18)24-8-13(19)21/h2-5,10,14H,8H2,1H3,(H2,19,21)(H,20,22)/t10-,14+/m1/s1. The lowest BCUT2D eigenvalue weighted by atomic mass is 9.79. The summed E-state index contributed by atoms with van der Waals surface area (Å²) in [7, 11) is 1.47. The molecule has 24 heavy (non-hydrogen) atoms. The van der Waals surface area contributed by atoms with Gasteiger partial charge < -0.3 is 15.8 Å². The molecule has 2 rings (SSSR count). The molecule has 2 amide bonds. The zero-order valence-electron chi connectivity index (χ0n) is 12.8. The SMILES string of the molecule is COc1ccccc1[C@@H]1C(C#N)=C(SCC(N)=O)NC(=O)[C@@H]1C#N. The first kappa shape index (κ1) is 17.4. The van der Waals surface area contributed by atoms with Crippen LogP contribution < -0.4 is 15.8 Å². The van der Waals surface area contributed by atoms with Gasteiger partial charge in [0.15, 0.2) is 0 Å². The third-order valence-electron chi connectivity index (χ3n) is 3.50. The van der Waals surface area contributed by atoms with Crippen LogP contribution in [0.2, 0.25) is 0 Å². The quantitative estimate of drug-likeness (QED) is 0.821. The van der Waals surface area contributed by atoms with Gasteiger partial charge in [0.25, 0.3) is 0 Å². The molecule has 0 bridgehead atoms. The van der Waals surface area contributed by atoms with Crippen LogP contribution in [0.15, 0.2) is 34.9 Å². The van der Waals surface area contributed by atoms with Crippen molar-refractivity contribution in [1.29, 1.82) is 10.5 Å². The van der Waals surface area contributed by atoms with E-state index in [1.165, 1.54) is 7.11 Å². The van der Waals surface area contributed by atoms with E-state index >= 15 is 0 Å². The fourth-order valence-corrected chi connectivity index (χ4v) is 3.27. The van der Waals surface area contributed by atoms with Crippen molar-refractivity contribution in [2.45, 2.75) is 5.92 Å². The minimum absolute atomic E-state index is 0.0866. The van der Waals surface area contributed by atoms with Crippen LogP contribution in [0, 0.1) is 28.6 Å². The average Bonchev–Trinajstić information content (AvgIpc) is 2.59. The van der Waals surface area contributed by atoms with Gasteiger partial charge in [0.2, 0.25) is 11.8 Å². The van der Waals surface area contributed by atoms with Crippen LogP contribution in [-0.2, 0) is 9.59 Å². The van der Waals surface area contributed by atoms with E-state index in [0.717, 1.165) is 11.8 Å². The van der Waals surface area contributed by atoms with Gasteiger partial charge >= 0.3 is 0 Å². The number of methoxy groups -OCH3 is 1. The molecule has 0 saturated heterocycles. The summed E-state index contributed by atoms with van der Waals surface area (Å²) in [5.41, 5.74) is 5.90. The molecule has 0 unspecified atom stereocenters. The number of carbonyl (C=O) groups is 2. The maximum atomic E-state index is 12.3. The first-order valence-corrected chi connectivity index (χ1v) is 7.90. The Morgan fingerprint density at radius 2 is 2.12 bits per heavy atom. The summed E-state index contributed by atoms with van der Waals surface area (Å²) in [6.07, 6.45) is 0. The third-order valence-corrected chi connectivity index (χ3v) is 4.54. The first-order valence-electron chi connectivity index (χ1n) is 6.92. The number of thioether (sulfide) groups is 1. The van der Waals surface area contributed by atoms with Gasteiger partial charge in [-0.1, -0.05) is 30.0 Å². The number of carbonyl (C=O) groups excluding carboxylic acids is 2. The predicted octanol–water partition coefficient (Wildman–Crippen LogP) is 1.00. The largest absolute Gasteiger partial charge is 0.496 e. The Hall–Kier alpha value is -2.97. The van der Waals surface area contributed by atoms with Crippen LogP contribution in [0.5, 0.6) is 5.75 Å². The van der Waals surface area contributed by atoms with Crippen LogP contribution in [0.4, 0.5) is 0 Å². The highest BCUT2D eigenvalue weighted by Crippen LogP contribution is 2.42. The van der Waals surface area contributed by atoms with E-state index in [9.17, 15) is 20.1 Å². The van der Waals surface area contributed by atoms with Crippen molar-refractivity contribution < 1.29 is 14.3 Å². The minimum Gasteiger partial charge on any atom is -0.496 e. The number of primary amides is 1. The molecule has 0 fully saturated rings. The second-order valence-electron chi connectivity index (χ2n) is 4.93. The van der Waals surface area contributed by atoms with E-state index in [2.05, 4.69) is 5.32 Å². The minimum atomic E-state index is -1.08. The maximum absolute atomic E-state index is 12.3. The number of nitrogens with zero attached hydrogens (tertiary/aromatic N) is 2. The monoisotopic (exact) mass is 342 g/mol. The normalized spacial score (nSPS) is 19.9. The lowest BCUT2D eigenvalue weighted by Crippen LogP contribution is -2.39. The Morgan fingerprint density at radius 1 is 1.42 bits per heavy atom. The molecule has 0 aliphatic carbocycles. The number of benzene rings is 1. The molecule has 0 radical (unpaired) electrons. The van der Waals surface area contributed by atoms with E-state index in [1.54, 1.807) is 24.3 Å². The average molecular weight is 342 g/mol. The third kappa shape index (κ3) is 3.34. The number of nitrogens with two attached hydrogens (primary N) is 1. The van der Waals surface area contributed by atoms with Gasteiger partial charge in [0, 0.05) is 5.56 Å². The number of allylic oxidation sites excluding steroid dienone is 1. The van der Waals surface area contributed by atoms with Gasteiger partial charge in [-0.05, 0) is 6.07 Å². The van der Waals surface area contributed by atoms with E-state index in [4.69, 9.17) is 10.5 Å². The summed E-state index contributed by atoms with van der Waals surface area (Å²) >= 11 is 0.967. The Kier molecular flexibility index (Phi) is 5.46. The highest BCUT2D eigenvalue weighted by Gasteiger charge is 2.40. The summed E-state index contributed by atoms with van der Waals surface area (Å²) in [6, 6.07) is 10.9. The molecular formula is C16H14N4O3S. The number of hydrogen-bond acceptors (Lipinski definition) is 6. The van der Waals surface area contributed by atoms with Gasteiger partial charge in [0.05, 0.1) is 41.5 Å². The number of hydrogen-bond donors (Lipinski definition) is 2. The van der Waals surface area contributed by atoms with E-state index < -0.39 is 23.7 Å². The van der Waals surface area contributed by atoms with Crippen molar-refractivity contribution in [3.05, 3.63) is 40.4 Å². The molecule has 1 aliphatic rings. The van der Waals surface area contributed by atoms with Crippen LogP contribution >= 0.6 is 11.8 Å². The molecule has 122 valence electrons. The van der Waals surface area contributed by atoms with Gasteiger partial charge in [-0.3, -0.25) is 9.59 Å². The van der Waals surface area contributed by atoms with E-state index in [-0.39, 0.29) is 16.4 Å². The van der Waals surface area contributed by atoms with Crippen LogP contribution in [-0.4, -0.2) is 24.7 Å². The second kappa shape index (κ2) is 7.53. The summed E-state index contributed by atoms with van der Waals surface area (Å²) < 4.78 is 5.30. The Bertz CT molecular complexity index is 791. The fourth-order valence-electron chi connectivity index (χ4n) is 2.49. The molecule has 1 aromatic rings. The smallest absolute Gasteiger partial charge is 0.243 e. The number of para-hydroxylation sites is 1. The molecular weight excluding hydrogens is 328 g/mol. The zero-order chi connectivity index (χ0) is 17.7. The molecule has 1 aromatic carbocycles. The van der Waals surface area contributed by atoms with Crippen LogP contribution in [0.1, 0.15) is 11.5 Å². The van der Waals surface area contributed by atoms with Crippen LogP contribution in [0.25, 0.3) is 0 Å². The summed E-state index contributed by atoms with van der Waals surface area (Å²) in [5.74, 6) is -2.57. The van der Waals surface area contributed by atoms with Gasteiger partial charge in [-0.2, -0.15) is 10.5 Å². The molecule has 7 nitrogen and oxygen atoms in total. The molecule has 1 heterocycles. The van der Waals surface area contributed by atoms with Crippen molar-refractivity contribution in [2.24, 2.45) is 11.7 Å². The number of rotatable bonds is 5. The fraction of sp³-hybridized carbons (Fsp3) is 0.250. The molecule has 8 heteroatoms. The van der Waals surface area contributed by atoms with Gasteiger partial charge in [-0.15, -0.1) is 0 Å². The maximum Gasteiger partial charge on any atom is 0.243 e. The number of ether oxygens (including phenoxy) is 1. The summed E-state index contributed by atoms with van der Waals surface area (Å²) in [4.78, 5) is 23.3. The van der Waals surface area contributed by atoms with Gasteiger partial charge in [0.1, 0.15) is 11.7 Å². The highest BCUT2D eigenvalue weighted by molar-refractivity contribution is 8.03. The summed E-state index contributed by atoms with van der Waals surface area (Å²) in [5, 5.41) is 21.8. The lowest BCUT2D eigenvalue weighted by Gasteiger charge is -2.29. The molecule has 2 atom stereocenters. The Morgan fingerprint density at radius 3 is 2.71 bits per heavy atom. The van der Waals surface area contributed by atoms with Crippen molar-refractivity contribution in [3.63, 3.8) is 0 Å². The highest BCUT2D eigenvalue weighted by atomic mass is 32.2. The molecule has 0 saturated carbocycles. The van der Waals surface area contributed by atoms with Crippen molar-refractivity contribution >= 4 is 23.6 Å². The Labute approximate surface area is 143 Å². The topological polar surface area (TPSA) is 129 Å². The van der Waals surface area contributed by atoms with Gasteiger partial charge in [-0.25, -0.2) is 0 Å². The van der Waals surface area contributed by atoms with Crippen molar-refractivity contribution in [2.75, 3.05) is 12.9 Å². The second-order valence-corrected chi connectivity index (χ2v) is 5.91. The molecule has 0 spiro atoms. The number of amides is 2. The predicted molar refractivity (Wildman–Crippen MR) is 87.3 cm³/mol. The number of nitrogens with one attached hydrogen (secondary N) is 1. The van der Waals surface area contributed by atoms with E-state index in [1.807, 2.05) is 12.1 Å². The van der Waals surface area contributed by atoms with E-state index in [0.29, 0.717) is 11.3 Å². The Balaban J connectivity index is 2.60. The summed E-state index contributed by atoms with van der Waals surface area (Å²) in [6.45, 7) is 0. The lowest BCUT2D eigenvalue weighted by molar-refractivity contribution is -0.123. The van der Waals surface area contributed by atoms with Crippen molar-refractivity contribution in [1.82, 2.24) is 5.32 Å². The molecule has 3 N–H and O–H groups in total. The first-order chi connectivity index (χ1) is 11.5. The zero-order valence-corrected chi connectivity index (χ0v) is 13.6. The van der Waals surface area contributed by atoms with Crippen molar-refractivity contribution in [3.8, 4) is 17.9 Å². The number of nitriles is 2. The molecule has 1 aliphatic heterocycles. The molecule has 0 aromatic heterocycles. The van der Waals surface area contributed by atoms with Crippen LogP contribution in [0.3, 0.4) is 0 Å².